The number of amides is 2. The Hall–Kier alpha value is -3.77. The van der Waals surface area contributed by atoms with E-state index in [0.29, 0.717) is 35.1 Å². The van der Waals surface area contributed by atoms with Gasteiger partial charge in [-0.25, -0.2) is 4.79 Å². The molecule has 32 heavy (non-hydrogen) atoms. The summed E-state index contributed by atoms with van der Waals surface area (Å²) < 4.78 is 10.8. The second-order valence-electron chi connectivity index (χ2n) is 7.64. The van der Waals surface area contributed by atoms with Gasteiger partial charge < -0.3 is 20.1 Å². The molecule has 1 unspecified atom stereocenters. The average Bonchev–Trinajstić information content (AvgIpc) is 3.33. The van der Waals surface area contributed by atoms with Gasteiger partial charge in [0, 0.05) is 16.8 Å². The molecule has 5 rings (SSSR count). The lowest BCUT2D eigenvalue weighted by Gasteiger charge is -2.11. The molecule has 0 radical (unpaired) electrons. The molecule has 6 nitrogen and oxygen atoms in total. The van der Waals surface area contributed by atoms with Crippen molar-refractivity contribution in [3.63, 3.8) is 0 Å². The van der Waals surface area contributed by atoms with Crippen LogP contribution in [0.25, 0.3) is 11.6 Å². The molecule has 0 aromatic heterocycles. The first kappa shape index (κ1) is 20.2. The van der Waals surface area contributed by atoms with Crippen molar-refractivity contribution in [2.24, 2.45) is 0 Å². The number of cyclic esters (lactones) is 1. The summed E-state index contributed by atoms with van der Waals surface area (Å²) in [5, 5.41) is 6.07. The van der Waals surface area contributed by atoms with E-state index >= 15 is 0 Å². The van der Waals surface area contributed by atoms with Gasteiger partial charge in [-0.3, -0.25) is 4.79 Å². The molecule has 2 amide bonds. The van der Waals surface area contributed by atoms with E-state index in [9.17, 15) is 9.59 Å². The van der Waals surface area contributed by atoms with Crippen molar-refractivity contribution in [2.75, 3.05) is 11.9 Å². The van der Waals surface area contributed by atoms with Gasteiger partial charge in [-0.15, -0.1) is 0 Å². The minimum atomic E-state index is -0.374. The number of carbonyl (C=O) groups is 2. The van der Waals surface area contributed by atoms with E-state index < -0.39 is 0 Å². The summed E-state index contributed by atoms with van der Waals surface area (Å²) in [6.45, 7) is 0.377. The molecule has 1 saturated heterocycles. The smallest absolute Gasteiger partial charge is 0.407 e. The van der Waals surface area contributed by atoms with E-state index in [1.165, 1.54) is 0 Å². The zero-order valence-electron chi connectivity index (χ0n) is 16.9. The van der Waals surface area contributed by atoms with Crippen LogP contribution in [0.5, 0.6) is 11.5 Å². The average molecular weight is 447 g/mol. The largest absolute Gasteiger partial charge is 0.456 e. The number of fused-ring (bicyclic) bond motifs is 1. The Bertz CT molecular complexity index is 1240. The Morgan fingerprint density at radius 1 is 1.06 bits per heavy atom. The number of hydrogen-bond acceptors (Lipinski definition) is 4. The van der Waals surface area contributed by atoms with Gasteiger partial charge in [-0.1, -0.05) is 48.0 Å². The molecule has 0 spiro atoms. The molecule has 1 fully saturated rings. The number of ether oxygens (including phenoxy) is 2. The molecule has 2 N–H and O–H groups in total. The number of alkyl carbamates (subject to hydrolysis) is 1. The maximum Gasteiger partial charge on any atom is 0.407 e. The maximum absolute atomic E-state index is 12.3. The second kappa shape index (κ2) is 8.40. The van der Waals surface area contributed by atoms with Crippen LogP contribution in [0.3, 0.4) is 0 Å². The van der Waals surface area contributed by atoms with Crippen molar-refractivity contribution in [3.8, 4) is 11.5 Å². The van der Waals surface area contributed by atoms with E-state index in [-0.39, 0.29) is 18.0 Å². The second-order valence-corrected chi connectivity index (χ2v) is 8.04. The lowest BCUT2D eigenvalue weighted by molar-refractivity contribution is -0.110. The Labute approximate surface area is 189 Å². The fraction of sp³-hybridized carbons (Fsp3) is 0.120. The first-order valence-corrected chi connectivity index (χ1v) is 10.5. The van der Waals surface area contributed by atoms with Gasteiger partial charge in [0.1, 0.15) is 18.1 Å². The zero-order chi connectivity index (χ0) is 22.1. The summed E-state index contributed by atoms with van der Waals surface area (Å²) in [5.41, 5.74) is 4.15. The lowest BCUT2D eigenvalue weighted by atomic mass is 10.0. The topological polar surface area (TPSA) is 76.7 Å². The molecular weight excluding hydrogens is 428 g/mol. The SMILES string of the molecule is O=C1NC(Cc2ccc(Oc3ccc(C=C4C(=O)Nc5ccccc54)cc3Cl)cc2)CO1. The van der Waals surface area contributed by atoms with Gasteiger partial charge in [-0.2, -0.15) is 0 Å². The van der Waals surface area contributed by atoms with Crippen LogP contribution in [0.1, 0.15) is 16.7 Å². The van der Waals surface area contributed by atoms with E-state index in [0.717, 1.165) is 22.4 Å². The number of anilines is 1. The first-order chi connectivity index (χ1) is 15.5. The van der Waals surface area contributed by atoms with E-state index in [1.807, 2.05) is 60.7 Å². The predicted octanol–water partition coefficient (Wildman–Crippen LogP) is 5.28. The molecule has 2 aliphatic heterocycles. The minimum Gasteiger partial charge on any atom is -0.456 e. The summed E-state index contributed by atoms with van der Waals surface area (Å²) in [6, 6.07) is 20.6. The van der Waals surface area contributed by atoms with Gasteiger partial charge in [-0.05, 0) is 54.0 Å². The van der Waals surface area contributed by atoms with Gasteiger partial charge >= 0.3 is 6.09 Å². The first-order valence-electron chi connectivity index (χ1n) is 10.2. The Morgan fingerprint density at radius 2 is 1.88 bits per heavy atom. The van der Waals surface area contributed by atoms with Crippen molar-refractivity contribution in [3.05, 3.63) is 88.4 Å². The van der Waals surface area contributed by atoms with Gasteiger partial charge in [0.2, 0.25) is 0 Å². The number of benzene rings is 3. The number of para-hydroxylation sites is 1. The van der Waals surface area contributed by atoms with Crippen molar-refractivity contribution in [1.29, 1.82) is 0 Å². The van der Waals surface area contributed by atoms with Crippen molar-refractivity contribution in [2.45, 2.75) is 12.5 Å². The molecule has 160 valence electrons. The van der Waals surface area contributed by atoms with Crippen LogP contribution in [-0.2, 0) is 16.0 Å². The Balaban J connectivity index is 1.29. The van der Waals surface area contributed by atoms with Crippen LogP contribution in [0.2, 0.25) is 5.02 Å². The summed E-state index contributed by atoms with van der Waals surface area (Å²) in [7, 11) is 0. The van der Waals surface area contributed by atoms with Crippen LogP contribution in [-0.4, -0.2) is 24.6 Å². The molecule has 2 aliphatic rings. The molecule has 0 saturated carbocycles. The highest BCUT2D eigenvalue weighted by atomic mass is 35.5. The molecule has 7 heteroatoms. The van der Waals surface area contributed by atoms with E-state index in [2.05, 4.69) is 10.6 Å². The maximum atomic E-state index is 12.3. The standard InChI is InChI=1S/C25H19ClN2O4/c26-21-13-16(12-20-19-3-1-2-4-22(19)28-24(20)29)7-10-23(21)32-18-8-5-15(6-9-18)11-17-14-31-25(30)27-17/h1-10,12-13,17H,11,14H2,(H,27,30)(H,28,29). The zero-order valence-corrected chi connectivity index (χ0v) is 17.7. The van der Waals surface area contributed by atoms with Gasteiger partial charge in [0.15, 0.2) is 0 Å². The third-order valence-electron chi connectivity index (χ3n) is 5.35. The van der Waals surface area contributed by atoms with Crippen molar-refractivity contribution < 1.29 is 19.1 Å². The lowest BCUT2D eigenvalue weighted by Crippen LogP contribution is -2.28. The molecule has 0 bridgehead atoms. The van der Waals surface area contributed by atoms with Crippen LogP contribution in [0.15, 0.2) is 66.7 Å². The number of rotatable bonds is 5. The summed E-state index contributed by atoms with van der Waals surface area (Å²) in [6.07, 6.45) is 2.13. The Kier molecular flexibility index (Phi) is 5.29. The quantitative estimate of drug-likeness (QED) is 0.523. The summed E-state index contributed by atoms with van der Waals surface area (Å²) in [5.74, 6) is 1.04. The van der Waals surface area contributed by atoms with Gasteiger partial charge in [0.25, 0.3) is 5.91 Å². The van der Waals surface area contributed by atoms with E-state index in [4.69, 9.17) is 21.1 Å². The molecule has 3 aromatic carbocycles. The molecule has 3 aromatic rings. The number of nitrogens with one attached hydrogen (secondary N) is 2. The van der Waals surface area contributed by atoms with Gasteiger partial charge in [0.05, 0.1) is 11.1 Å². The number of hydrogen-bond donors (Lipinski definition) is 2. The summed E-state index contributed by atoms with van der Waals surface area (Å²) >= 11 is 6.45. The monoisotopic (exact) mass is 446 g/mol. The highest BCUT2D eigenvalue weighted by molar-refractivity contribution is 6.35. The highest BCUT2D eigenvalue weighted by Crippen LogP contribution is 2.35. The minimum absolute atomic E-state index is 0.0145. The summed E-state index contributed by atoms with van der Waals surface area (Å²) in [4.78, 5) is 23.5. The van der Waals surface area contributed by atoms with Crippen molar-refractivity contribution >= 4 is 40.9 Å². The third kappa shape index (κ3) is 4.18. The highest BCUT2D eigenvalue weighted by Gasteiger charge is 2.24. The molecule has 1 atom stereocenters. The number of halogens is 1. The van der Waals surface area contributed by atoms with E-state index in [1.54, 1.807) is 12.1 Å². The fourth-order valence-electron chi connectivity index (χ4n) is 3.78. The van der Waals surface area contributed by atoms with Crippen LogP contribution < -0.4 is 15.4 Å². The van der Waals surface area contributed by atoms with Crippen LogP contribution >= 0.6 is 11.6 Å². The van der Waals surface area contributed by atoms with Crippen molar-refractivity contribution in [1.82, 2.24) is 5.32 Å². The Morgan fingerprint density at radius 3 is 2.62 bits per heavy atom. The molecule has 2 heterocycles. The fourth-order valence-corrected chi connectivity index (χ4v) is 4.01. The van der Waals surface area contributed by atoms with Crippen LogP contribution in [0.4, 0.5) is 10.5 Å². The predicted molar refractivity (Wildman–Crippen MR) is 123 cm³/mol. The molecular formula is C25H19ClN2O4. The molecule has 0 aliphatic carbocycles. The normalized spacial score (nSPS) is 18.2. The number of carbonyl (C=O) groups excluding carboxylic acids is 2. The van der Waals surface area contributed by atoms with Crippen LogP contribution in [0, 0.1) is 0 Å². The third-order valence-corrected chi connectivity index (χ3v) is 5.64.